The molecule has 7 heteroatoms. The fourth-order valence-corrected chi connectivity index (χ4v) is 2.25. The molecule has 0 aromatic rings. The quantitative estimate of drug-likeness (QED) is 0.630. The molecule has 3 atom stereocenters. The number of nitrogens with one attached hydrogen (secondary N) is 2. The summed E-state index contributed by atoms with van der Waals surface area (Å²) in [6.07, 6.45) is 0.276. The highest BCUT2D eigenvalue weighted by Gasteiger charge is 2.33. The van der Waals surface area contributed by atoms with Crippen molar-refractivity contribution >= 4 is 17.8 Å². The minimum atomic E-state index is -1.26. The van der Waals surface area contributed by atoms with Gasteiger partial charge in [0.1, 0.15) is 11.6 Å². The lowest BCUT2D eigenvalue weighted by molar-refractivity contribution is -0.158. The summed E-state index contributed by atoms with van der Waals surface area (Å²) < 4.78 is 5.08. The molecule has 0 aliphatic carbocycles. The molecule has 1 aliphatic rings. The van der Waals surface area contributed by atoms with Crippen LogP contribution in [-0.2, 0) is 19.1 Å². The van der Waals surface area contributed by atoms with E-state index in [2.05, 4.69) is 10.6 Å². The van der Waals surface area contributed by atoms with Gasteiger partial charge in [-0.1, -0.05) is 0 Å². The first-order valence-electron chi connectivity index (χ1n) is 7.08. The zero-order valence-electron chi connectivity index (χ0n) is 12.9. The summed E-state index contributed by atoms with van der Waals surface area (Å²) in [6, 6.07) is -1.26. The van der Waals surface area contributed by atoms with Gasteiger partial charge in [-0.25, -0.2) is 4.79 Å². The van der Waals surface area contributed by atoms with Crippen LogP contribution in [0.4, 0.5) is 0 Å². The lowest BCUT2D eigenvalue weighted by Gasteiger charge is -2.22. The van der Waals surface area contributed by atoms with Gasteiger partial charge in [-0.2, -0.15) is 0 Å². The summed E-state index contributed by atoms with van der Waals surface area (Å²) in [5.74, 6) is -2.51. The number of hydrogen-bond donors (Lipinski definition) is 3. The molecule has 0 aromatic carbocycles. The molecule has 1 saturated heterocycles. The third-order valence-electron chi connectivity index (χ3n) is 3.27. The van der Waals surface area contributed by atoms with E-state index in [1.54, 1.807) is 20.8 Å². The number of hydrogen-bond acceptors (Lipinski definition) is 5. The molecule has 1 amide bonds. The summed E-state index contributed by atoms with van der Waals surface area (Å²) in [4.78, 5) is 35.0. The Labute approximate surface area is 124 Å². The molecule has 0 spiro atoms. The SMILES string of the molecule is CC1NCCC1C(=O)N[C@@H](CC(=O)OC(C)(C)C)C(=O)O. The molecule has 1 fully saturated rings. The number of aliphatic carboxylic acids is 1. The lowest BCUT2D eigenvalue weighted by atomic mass is 10.0. The van der Waals surface area contributed by atoms with Crippen LogP contribution in [0.5, 0.6) is 0 Å². The Hall–Kier alpha value is -1.63. The summed E-state index contributed by atoms with van der Waals surface area (Å²) in [5.41, 5.74) is -0.686. The minimum Gasteiger partial charge on any atom is -0.480 e. The lowest BCUT2D eigenvalue weighted by Crippen LogP contribution is -2.47. The molecule has 2 unspecified atom stereocenters. The topological polar surface area (TPSA) is 105 Å². The van der Waals surface area contributed by atoms with Crippen LogP contribution in [0.1, 0.15) is 40.5 Å². The van der Waals surface area contributed by atoms with Gasteiger partial charge in [0.15, 0.2) is 0 Å². The van der Waals surface area contributed by atoms with Crippen LogP contribution >= 0.6 is 0 Å². The molecule has 0 saturated carbocycles. The van der Waals surface area contributed by atoms with E-state index in [4.69, 9.17) is 9.84 Å². The fourth-order valence-electron chi connectivity index (χ4n) is 2.25. The van der Waals surface area contributed by atoms with Crippen molar-refractivity contribution in [2.75, 3.05) is 6.54 Å². The average molecular weight is 300 g/mol. The highest BCUT2D eigenvalue weighted by atomic mass is 16.6. The van der Waals surface area contributed by atoms with Crippen molar-refractivity contribution < 1.29 is 24.2 Å². The van der Waals surface area contributed by atoms with E-state index in [-0.39, 0.29) is 24.3 Å². The third-order valence-corrected chi connectivity index (χ3v) is 3.27. The van der Waals surface area contributed by atoms with E-state index in [1.165, 1.54) is 0 Å². The van der Waals surface area contributed by atoms with Crippen molar-refractivity contribution in [3.8, 4) is 0 Å². The summed E-state index contributed by atoms with van der Waals surface area (Å²) in [6.45, 7) is 7.70. The van der Waals surface area contributed by atoms with E-state index in [0.29, 0.717) is 6.42 Å². The smallest absolute Gasteiger partial charge is 0.326 e. The van der Waals surface area contributed by atoms with Crippen molar-refractivity contribution in [1.29, 1.82) is 0 Å². The van der Waals surface area contributed by atoms with Crippen molar-refractivity contribution in [3.05, 3.63) is 0 Å². The molecular weight excluding hydrogens is 276 g/mol. The predicted molar refractivity (Wildman–Crippen MR) is 75.6 cm³/mol. The molecule has 1 aliphatic heterocycles. The van der Waals surface area contributed by atoms with Gasteiger partial charge in [0.05, 0.1) is 12.3 Å². The molecule has 0 bridgehead atoms. The van der Waals surface area contributed by atoms with Crippen molar-refractivity contribution in [2.24, 2.45) is 5.92 Å². The zero-order valence-corrected chi connectivity index (χ0v) is 12.9. The van der Waals surface area contributed by atoms with Crippen LogP contribution in [0.2, 0.25) is 0 Å². The first-order valence-corrected chi connectivity index (χ1v) is 7.08. The summed E-state index contributed by atoms with van der Waals surface area (Å²) in [7, 11) is 0. The number of carbonyl (C=O) groups is 3. The molecule has 3 N–H and O–H groups in total. The Morgan fingerprint density at radius 2 is 2.00 bits per heavy atom. The standard InChI is InChI=1S/C14H24N2O5/c1-8-9(5-6-15-8)12(18)16-10(13(19)20)7-11(17)21-14(2,3)4/h8-10,15H,5-7H2,1-4H3,(H,16,18)(H,19,20)/t8?,9?,10-/m0/s1. The Morgan fingerprint density at radius 3 is 2.43 bits per heavy atom. The Kier molecular flexibility index (Phi) is 5.71. The average Bonchev–Trinajstić information content (AvgIpc) is 2.71. The van der Waals surface area contributed by atoms with E-state index < -0.39 is 23.6 Å². The second-order valence-corrected chi connectivity index (χ2v) is 6.33. The molecule has 1 heterocycles. The monoisotopic (exact) mass is 300 g/mol. The van der Waals surface area contributed by atoms with Gasteiger partial charge in [-0.05, 0) is 40.7 Å². The summed E-state index contributed by atoms with van der Waals surface area (Å²) >= 11 is 0. The number of carboxylic acids is 1. The van der Waals surface area contributed by atoms with Gasteiger partial charge in [-0.15, -0.1) is 0 Å². The van der Waals surface area contributed by atoms with Gasteiger partial charge in [0, 0.05) is 6.04 Å². The first kappa shape index (κ1) is 17.4. The molecular formula is C14H24N2O5. The number of amides is 1. The van der Waals surface area contributed by atoms with Gasteiger partial charge >= 0.3 is 11.9 Å². The highest BCUT2D eigenvalue weighted by Crippen LogP contribution is 2.16. The first-order chi connectivity index (χ1) is 9.60. The predicted octanol–water partition coefficient (Wildman–Crippen LogP) is 0.286. The Balaban J connectivity index is 2.59. The van der Waals surface area contributed by atoms with Crippen molar-refractivity contribution in [2.45, 2.75) is 58.2 Å². The Bertz CT molecular complexity index is 416. The largest absolute Gasteiger partial charge is 0.480 e. The summed E-state index contributed by atoms with van der Waals surface area (Å²) in [5, 5.41) is 14.7. The number of carboxylic acid groups (broad SMARTS) is 1. The second-order valence-electron chi connectivity index (χ2n) is 6.33. The molecule has 1 rings (SSSR count). The maximum atomic E-state index is 12.1. The van der Waals surface area contributed by atoms with E-state index in [1.807, 2.05) is 6.92 Å². The molecule has 21 heavy (non-hydrogen) atoms. The maximum Gasteiger partial charge on any atom is 0.326 e. The van der Waals surface area contributed by atoms with E-state index >= 15 is 0 Å². The molecule has 7 nitrogen and oxygen atoms in total. The van der Waals surface area contributed by atoms with E-state index in [9.17, 15) is 14.4 Å². The highest BCUT2D eigenvalue weighted by molar-refractivity contribution is 5.88. The van der Waals surface area contributed by atoms with E-state index in [0.717, 1.165) is 6.54 Å². The van der Waals surface area contributed by atoms with Crippen LogP contribution in [0.15, 0.2) is 0 Å². The van der Waals surface area contributed by atoms with Gasteiger partial charge in [0.25, 0.3) is 0 Å². The number of rotatable bonds is 5. The number of ether oxygens (including phenoxy) is 1. The third kappa shape index (κ3) is 5.71. The number of carbonyl (C=O) groups excluding carboxylic acids is 2. The molecule has 120 valence electrons. The molecule has 0 aromatic heterocycles. The van der Waals surface area contributed by atoms with Gasteiger partial charge in [0.2, 0.25) is 5.91 Å². The van der Waals surface area contributed by atoms with Crippen LogP contribution < -0.4 is 10.6 Å². The van der Waals surface area contributed by atoms with Gasteiger partial charge in [-0.3, -0.25) is 9.59 Å². The minimum absolute atomic E-state index is 0.000900. The van der Waals surface area contributed by atoms with Crippen LogP contribution in [0, 0.1) is 5.92 Å². The van der Waals surface area contributed by atoms with Crippen molar-refractivity contribution in [3.63, 3.8) is 0 Å². The zero-order chi connectivity index (χ0) is 16.2. The second kappa shape index (κ2) is 6.89. The van der Waals surface area contributed by atoms with Crippen LogP contribution in [-0.4, -0.2) is 47.2 Å². The van der Waals surface area contributed by atoms with Crippen LogP contribution in [0.25, 0.3) is 0 Å². The van der Waals surface area contributed by atoms with Crippen LogP contribution in [0.3, 0.4) is 0 Å². The van der Waals surface area contributed by atoms with Gasteiger partial charge < -0.3 is 20.5 Å². The number of esters is 1. The maximum absolute atomic E-state index is 12.1. The van der Waals surface area contributed by atoms with Crippen molar-refractivity contribution in [1.82, 2.24) is 10.6 Å². The normalized spacial score (nSPS) is 23.4. The fraction of sp³-hybridized carbons (Fsp3) is 0.786. The molecule has 0 radical (unpaired) electrons. The Morgan fingerprint density at radius 1 is 1.38 bits per heavy atom.